The molecule has 12 aromatic rings. The maximum Gasteiger partial charge on any atom is 0.0964 e. The van der Waals surface area contributed by atoms with Crippen molar-refractivity contribution in [2.45, 2.75) is 13.8 Å². The fourth-order valence-electron chi connectivity index (χ4n) is 9.87. The van der Waals surface area contributed by atoms with E-state index >= 15 is 0 Å². The van der Waals surface area contributed by atoms with Crippen molar-refractivity contribution in [3.63, 3.8) is 0 Å². The minimum atomic E-state index is 0.930. The molecule has 0 fully saturated rings. The summed E-state index contributed by atoms with van der Waals surface area (Å²) in [5, 5.41) is 4.53. The Hall–Kier alpha value is -8.80. The van der Waals surface area contributed by atoms with E-state index in [1.54, 1.807) is 0 Å². The molecule has 0 radical (unpaired) electrons. The summed E-state index contributed by atoms with van der Waals surface area (Å²) in [6, 6.07) is 80.6. The summed E-state index contributed by atoms with van der Waals surface area (Å²) in [4.78, 5) is 14.2. The van der Waals surface area contributed by atoms with Crippen LogP contribution in [0.5, 0.6) is 0 Å². The number of nitrogens with zero attached hydrogens (tertiary/aromatic N) is 5. The average molecular weight is 860 g/mol. The van der Waals surface area contributed by atoms with Gasteiger partial charge in [0, 0.05) is 79.3 Å². The SMILES string of the molecule is Cc1cc(-c2cnc3c(ccc4cccnc43)c2)c(C)cc1-c1ccc(-n2c3ccc(N(c4ccccc4)c4ccccc4)cc3c3cc(N(c4ccccc4)c4ccccc4)ccc32)cc1. The van der Waals surface area contributed by atoms with Crippen molar-refractivity contribution in [1.82, 2.24) is 14.5 Å². The van der Waals surface area contributed by atoms with Gasteiger partial charge in [0.05, 0.1) is 22.1 Å². The van der Waals surface area contributed by atoms with E-state index in [1.165, 1.54) is 38.6 Å². The van der Waals surface area contributed by atoms with Crippen LogP contribution in [0.4, 0.5) is 34.1 Å². The predicted molar refractivity (Wildman–Crippen MR) is 281 cm³/mol. The molecule has 0 unspecified atom stereocenters. The van der Waals surface area contributed by atoms with E-state index in [9.17, 15) is 0 Å². The first-order valence-corrected chi connectivity index (χ1v) is 22.8. The molecule has 12 rings (SSSR count). The van der Waals surface area contributed by atoms with Crippen LogP contribution >= 0.6 is 0 Å². The van der Waals surface area contributed by atoms with Crippen molar-refractivity contribution in [1.29, 1.82) is 0 Å². The van der Waals surface area contributed by atoms with Crippen molar-refractivity contribution < 1.29 is 0 Å². The van der Waals surface area contributed by atoms with Crippen molar-refractivity contribution in [3.05, 3.63) is 248 Å². The molecule has 0 amide bonds. The predicted octanol–water partition coefficient (Wildman–Crippen LogP) is 16.8. The first kappa shape index (κ1) is 39.8. The Kier molecular flexibility index (Phi) is 9.88. The summed E-state index contributed by atoms with van der Waals surface area (Å²) in [5.74, 6) is 0. The van der Waals surface area contributed by atoms with E-state index in [0.717, 1.165) is 78.2 Å². The van der Waals surface area contributed by atoms with Crippen LogP contribution in [0.1, 0.15) is 11.1 Å². The second-order valence-electron chi connectivity index (χ2n) is 17.2. The molecule has 0 saturated heterocycles. The fraction of sp³-hybridized carbons (Fsp3) is 0.0323. The third kappa shape index (κ3) is 7.14. The molecule has 0 aliphatic rings. The van der Waals surface area contributed by atoms with Crippen LogP contribution in [0.3, 0.4) is 0 Å². The second kappa shape index (κ2) is 16.6. The van der Waals surface area contributed by atoms with E-state index in [-0.39, 0.29) is 0 Å². The maximum atomic E-state index is 4.93. The second-order valence-corrected chi connectivity index (χ2v) is 17.2. The summed E-state index contributed by atoms with van der Waals surface area (Å²) in [5.41, 5.74) is 19.0. The Morgan fingerprint density at radius 2 is 0.821 bits per heavy atom. The van der Waals surface area contributed by atoms with Crippen LogP contribution in [0, 0.1) is 13.8 Å². The van der Waals surface area contributed by atoms with Gasteiger partial charge in [-0.05, 0) is 151 Å². The highest BCUT2D eigenvalue weighted by atomic mass is 15.1. The zero-order chi connectivity index (χ0) is 44.8. The van der Waals surface area contributed by atoms with Crippen molar-refractivity contribution in [2.24, 2.45) is 0 Å². The fourth-order valence-corrected chi connectivity index (χ4v) is 9.87. The highest BCUT2D eigenvalue weighted by molar-refractivity contribution is 6.12. The Morgan fingerprint density at radius 1 is 0.358 bits per heavy atom. The van der Waals surface area contributed by atoms with Crippen molar-refractivity contribution in [3.8, 4) is 27.9 Å². The van der Waals surface area contributed by atoms with E-state index in [0.29, 0.717) is 0 Å². The van der Waals surface area contributed by atoms with Crippen LogP contribution < -0.4 is 9.80 Å². The molecule has 67 heavy (non-hydrogen) atoms. The molecule has 3 heterocycles. The molecule has 0 saturated carbocycles. The lowest BCUT2D eigenvalue weighted by Gasteiger charge is -2.26. The quantitative estimate of drug-likeness (QED) is 0.136. The molecule has 0 spiro atoms. The Labute approximate surface area is 390 Å². The number of fused-ring (bicyclic) bond motifs is 6. The van der Waals surface area contributed by atoms with Crippen LogP contribution in [-0.4, -0.2) is 14.5 Å². The van der Waals surface area contributed by atoms with Crippen molar-refractivity contribution in [2.75, 3.05) is 9.80 Å². The Bertz CT molecular complexity index is 3530. The first-order chi connectivity index (χ1) is 33.1. The molecule has 3 aromatic heterocycles. The third-order valence-electron chi connectivity index (χ3n) is 13.0. The number of aryl methyl sites for hydroxylation is 2. The lowest BCUT2D eigenvalue weighted by atomic mass is 9.92. The van der Waals surface area contributed by atoms with Crippen LogP contribution in [0.2, 0.25) is 0 Å². The van der Waals surface area contributed by atoms with E-state index < -0.39 is 0 Å². The lowest BCUT2D eigenvalue weighted by molar-refractivity contribution is 1.18. The van der Waals surface area contributed by atoms with Crippen LogP contribution in [0.15, 0.2) is 237 Å². The topological polar surface area (TPSA) is 37.2 Å². The molecular weight excluding hydrogens is 815 g/mol. The number of aromatic nitrogens is 3. The molecule has 0 N–H and O–H groups in total. The van der Waals surface area contributed by atoms with Gasteiger partial charge in [0.2, 0.25) is 0 Å². The summed E-state index contributed by atoms with van der Waals surface area (Å²) in [6.07, 6.45) is 3.83. The summed E-state index contributed by atoms with van der Waals surface area (Å²) in [6.45, 7) is 4.41. The molecule has 0 aliphatic carbocycles. The minimum Gasteiger partial charge on any atom is -0.310 e. The highest BCUT2D eigenvalue weighted by Gasteiger charge is 2.20. The van der Waals surface area contributed by atoms with Crippen LogP contribution in [0.25, 0.3) is 71.6 Å². The largest absolute Gasteiger partial charge is 0.310 e. The summed E-state index contributed by atoms with van der Waals surface area (Å²) < 4.78 is 2.42. The molecule has 5 nitrogen and oxygen atoms in total. The number of anilines is 6. The number of hydrogen-bond acceptors (Lipinski definition) is 4. The van der Waals surface area contributed by atoms with Gasteiger partial charge < -0.3 is 14.4 Å². The van der Waals surface area contributed by atoms with Crippen molar-refractivity contribution >= 4 is 77.7 Å². The molecular formula is C62H45N5. The van der Waals surface area contributed by atoms with Gasteiger partial charge in [0.15, 0.2) is 0 Å². The van der Waals surface area contributed by atoms with Gasteiger partial charge in [0.1, 0.15) is 0 Å². The van der Waals surface area contributed by atoms with Gasteiger partial charge in [0.25, 0.3) is 0 Å². The lowest BCUT2D eigenvalue weighted by Crippen LogP contribution is -2.09. The van der Waals surface area contributed by atoms with Gasteiger partial charge in [-0.15, -0.1) is 0 Å². The maximum absolute atomic E-state index is 4.93. The first-order valence-electron chi connectivity index (χ1n) is 22.8. The molecule has 0 atom stereocenters. The number of rotatable bonds is 9. The van der Waals surface area contributed by atoms with Crippen LogP contribution in [-0.2, 0) is 0 Å². The number of para-hydroxylation sites is 4. The number of pyridine rings is 2. The Balaban J connectivity index is 0.977. The highest BCUT2D eigenvalue weighted by Crippen LogP contribution is 2.43. The molecule has 0 aliphatic heterocycles. The zero-order valence-corrected chi connectivity index (χ0v) is 37.3. The van der Waals surface area contributed by atoms with Gasteiger partial charge in [-0.2, -0.15) is 0 Å². The molecule has 9 aromatic carbocycles. The van der Waals surface area contributed by atoms with Gasteiger partial charge in [-0.1, -0.05) is 115 Å². The molecule has 5 heteroatoms. The average Bonchev–Trinajstić information content (AvgIpc) is 3.71. The number of benzene rings is 9. The van der Waals surface area contributed by atoms with Gasteiger partial charge >= 0.3 is 0 Å². The summed E-state index contributed by atoms with van der Waals surface area (Å²) >= 11 is 0. The van der Waals surface area contributed by atoms with E-state index in [2.05, 4.69) is 252 Å². The van der Waals surface area contributed by atoms with Gasteiger partial charge in [-0.25, -0.2) is 0 Å². The Morgan fingerprint density at radius 3 is 1.33 bits per heavy atom. The molecule has 0 bridgehead atoms. The van der Waals surface area contributed by atoms with E-state index in [4.69, 9.17) is 4.98 Å². The smallest absolute Gasteiger partial charge is 0.0964 e. The molecule has 318 valence electrons. The normalized spacial score (nSPS) is 11.4. The monoisotopic (exact) mass is 859 g/mol. The summed E-state index contributed by atoms with van der Waals surface area (Å²) in [7, 11) is 0. The standard InChI is InChI=1S/C62H45N5/c1-42-37-56(47-38-46-26-25-45-16-15-35-63-61(45)62(46)64-41-47)43(2)36-55(42)44-27-29-52(30-28-44)67-59-33-31-53(65(48-17-7-3-8-18-48)49-19-9-4-10-20-49)39-57(59)58-40-54(32-34-60(58)67)66(50-21-11-5-12-22-50)51-23-13-6-14-24-51/h3-41H,1-2H3. The third-order valence-corrected chi connectivity index (χ3v) is 13.0. The van der Waals surface area contributed by atoms with Gasteiger partial charge in [-0.3, -0.25) is 9.97 Å². The minimum absolute atomic E-state index is 0.930. The zero-order valence-electron chi connectivity index (χ0n) is 37.3. The number of hydrogen-bond donors (Lipinski definition) is 0. The van der Waals surface area contributed by atoms with E-state index in [1.807, 2.05) is 18.5 Å².